The molecule has 2 aromatic rings. The number of fused-ring (bicyclic) bond motifs is 3. The SMILES string of the molecule is O=C(COc1ccc(Cl)c(F)c1)NC12CCC(NC(=O)COc3cccnc3)(CC1)[C@@H](O)C2. The lowest BCUT2D eigenvalue weighted by Gasteiger charge is -2.56. The van der Waals surface area contributed by atoms with E-state index in [4.69, 9.17) is 21.1 Å². The molecule has 176 valence electrons. The molecule has 1 atom stereocenters. The summed E-state index contributed by atoms with van der Waals surface area (Å²) in [5.74, 6) is -0.615. The van der Waals surface area contributed by atoms with Crippen molar-refractivity contribution in [2.45, 2.75) is 49.3 Å². The average molecular weight is 478 g/mol. The van der Waals surface area contributed by atoms with Crippen LogP contribution >= 0.6 is 11.6 Å². The molecule has 3 aliphatic rings. The second-order valence-electron chi connectivity index (χ2n) is 8.59. The van der Waals surface area contributed by atoms with Gasteiger partial charge in [-0.1, -0.05) is 11.6 Å². The van der Waals surface area contributed by atoms with Gasteiger partial charge in [0, 0.05) is 17.8 Å². The van der Waals surface area contributed by atoms with Gasteiger partial charge in [-0.15, -0.1) is 0 Å². The largest absolute Gasteiger partial charge is 0.484 e. The van der Waals surface area contributed by atoms with Crippen molar-refractivity contribution >= 4 is 23.4 Å². The number of carbonyl (C=O) groups excluding carboxylic acids is 2. The molecule has 5 rings (SSSR count). The Morgan fingerprint density at radius 2 is 1.79 bits per heavy atom. The maximum atomic E-state index is 13.5. The molecule has 10 heteroatoms. The molecule has 1 aromatic heterocycles. The van der Waals surface area contributed by atoms with Gasteiger partial charge in [-0.05, 0) is 56.4 Å². The van der Waals surface area contributed by atoms with E-state index in [0.29, 0.717) is 37.9 Å². The Morgan fingerprint density at radius 1 is 1.09 bits per heavy atom. The molecule has 1 aromatic carbocycles. The Kier molecular flexibility index (Phi) is 6.71. The molecule has 1 heterocycles. The van der Waals surface area contributed by atoms with E-state index in [0.717, 1.165) is 6.07 Å². The minimum absolute atomic E-state index is 0.0247. The highest BCUT2D eigenvalue weighted by molar-refractivity contribution is 6.30. The molecular weight excluding hydrogens is 453 g/mol. The van der Waals surface area contributed by atoms with E-state index in [1.807, 2.05) is 0 Å². The van der Waals surface area contributed by atoms with Gasteiger partial charge < -0.3 is 25.2 Å². The number of aliphatic hydroxyl groups is 1. The summed E-state index contributed by atoms with van der Waals surface area (Å²) in [4.78, 5) is 28.9. The topological polar surface area (TPSA) is 110 Å². The molecule has 3 N–H and O–H groups in total. The fraction of sp³-hybridized carbons (Fsp3) is 0.435. The Morgan fingerprint density at radius 3 is 2.42 bits per heavy atom. The van der Waals surface area contributed by atoms with Crippen molar-refractivity contribution in [1.82, 2.24) is 15.6 Å². The molecule has 3 aliphatic carbocycles. The monoisotopic (exact) mass is 477 g/mol. The highest BCUT2D eigenvalue weighted by Gasteiger charge is 2.55. The zero-order chi connectivity index (χ0) is 23.5. The summed E-state index contributed by atoms with van der Waals surface area (Å²) in [5, 5.41) is 16.7. The fourth-order valence-corrected chi connectivity index (χ4v) is 4.72. The number of aliphatic hydroxyl groups excluding tert-OH is 1. The first kappa shape index (κ1) is 23.3. The van der Waals surface area contributed by atoms with Crippen LogP contribution in [0.3, 0.4) is 0 Å². The highest BCUT2D eigenvalue weighted by Crippen LogP contribution is 2.47. The number of amides is 2. The number of hydrogen-bond acceptors (Lipinski definition) is 6. The number of carbonyl (C=O) groups is 2. The predicted molar refractivity (Wildman–Crippen MR) is 117 cm³/mol. The summed E-state index contributed by atoms with van der Waals surface area (Å²) in [7, 11) is 0. The Labute approximate surface area is 195 Å². The number of hydrogen-bond donors (Lipinski definition) is 3. The third kappa shape index (κ3) is 5.36. The van der Waals surface area contributed by atoms with Crippen molar-refractivity contribution in [2.24, 2.45) is 0 Å². The number of halogens is 2. The molecule has 8 nitrogen and oxygen atoms in total. The third-order valence-corrected chi connectivity index (χ3v) is 6.69. The number of rotatable bonds is 8. The van der Waals surface area contributed by atoms with E-state index >= 15 is 0 Å². The Hall–Kier alpha value is -2.91. The van der Waals surface area contributed by atoms with Crippen LogP contribution in [0.1, 0.15) is 32.1 Å². The van der Waals surface area contributed by atoms with Gasteiger partial charge in [-0.25, -0.2) is 4.39 Å². The maximum Gasteiger partial charge on any atom is 0.258 e. The predicted octanol–water partition coefficient (Wildman–Crippen LogP) is 2.38. The first-order valence-electron chi connectivity index (χ1n) is 10.7. The van der Waals surface area contributed by atoms with Crippen LogP contribution in [0.25, 0.3) is 0 Å². The van der Waals surface area contributed by atoms with Crippen molar-refractivity contribution in [1.29, 1.82) is 0 Å². The summed E-state index contributed by atoms with van der Waals surface area (Å²) < 4.78 is 24.3. The lowest BCUT2D eigenvalue weighted by molar-refractivity contribution is -0.137. The number of nitrogens with zero attached hydrogens (tertiary/aromatic N) is 1. The van der Waals surface area contributed by atoms with Gasteiger partial charge in [0.2, 0.25) is 0 Å². The summed E-state index contributed by atoms with van der Waals surface area (Å²) >= 11 is 5.65. The molecule has 0 radical (unpaired) electrons. The van der Waals surface area contributed by atoms with Crippen LogP contribution < -0.4 is 20.1 Å². The van der Waals surface area contributed by atoms with Gasteiger partial charge in [-0.3, -0.25) is 14.6 Å². The number of benzene rings is 1. The summed E-state index contributed by atoms with van der Waals surface area (Å²) in [6.07, 6.45) is 4.90. The summed E-state index contributed by atoms with van der Waals surface area (Å²) in [6, 6.07) is 7.38. The maximum absolute atomic E-state index is 13.5. The standard InChI is InChI=1S/C23H25ClFN3O5/c24-17-4-3-15(10-18(17)25)32-13-20(30)27-22-5-7-23(8-6-22,19(29)11-22)28-21(31)14-33-16-2-1-9-26-12-16/h1-4,9-10,12,19,29H,5-8,11,13-14H2,(H,27,30)(H,28,31)/t19-,22?,23?/m0/s1. The van der Waals surface area contributed by atoms with E-state index in [1.54, 1.807) is 18.3 Å². The summed E-state index contributed by atoms with van der Waals surface area (Å²) in [6.45, 7) is -0.461. The quantitative estimate of drug-likeness (QED) is 0.538. The molecule has 3 fully saturated rings. The van der Waals surface area contributed by atoms with Crippen molar-refractivity contribution in [3.8, 4) is 11.5 Å². The zero-order valence-corrected chi connectivity index (χ0v) is 18.6. The van der Waals surface area contributed by atoms with Crippen molar-refractivity contribution < 1.29 is 28.6 Å². The van der Waals surface area contributed by atoms with E-state index in [2.05, 4.69) is 15.6 Å². The molecular formula is C23H25ClFN3O5. The fourth-order valence-electron chi connectivity index (χ4n) is 4.60. The lowest BCUT2D eigenvalue weighted by Crippen LogP contribution is -2.70. The first-order chi connectivity index (χ1) is 15.8. The Balaban J connectivity index is 1.28. The first-order valence-corrected chi connectivity index (χ1v) is 11.1. The lowest BCUT2D eigenvalue weighted by atomic mass is 9.60. The van der Waals surface area contributed by atoms with Crippen LogP contribution in [0.5, 0.6) is 11.5 Å². The molecule has 0 spiro atoms. The molecule has 2 amide bonds. The van der Waals surface area contributed by atoms with Crippen molar-refractivity contribution in [3.63, 3.8) is 0 Å². The molecule has 0 saturated heterocycles. The minimum atomic E-state index is -0.811. The van der Waals surface area contributed by atoms with Crippen LogP contribution in [0.2, 0.25) is 5.02 Å². The van der Waals surface area contributed by atoms with Crippen molar-refractivity contribution in [2.75, 3.05) is 13.2 Å². The van der Waals surface area contributed by atoms with Gasteiger partial charge in [0.25, 0.3) is 11.8 Å². The molecule has 0 aliphatic heterocycles. The zero-order valence-electron chi connectivity index (χ0n) is 17.9. The Bertz CT molecular complexity index is 1010. The molecule has 0 unspecified atom stereocenters. The minimum Gasteiger partial charge on any atom is -0.484 e. The van der Waals surface area contributed by atoms with Crippen LogP contribution in [-0.2, 0) is 9.59 Å². The van der Waals surface area contributed by atoms with E-state index in [1.165, 1.54) is 18.3 Å². The van der Waals surface area contributed by atoms with E-state index < -0.39 is 23.0 Å². The smallest absolute Gasteiger partial charge is 0.258 e. The van der Waals surface area contributed by atoms with Gasteiger partial charge in [0.15, 0.2) is 13.2 Å². The average Bonchev–Trinajstić information content (AvgIpc) is 2.80. The van der Waals surface area contributed by atoms with Gasteiger partial charge >= 0.3 is 0 Å². The highest BCUT2D eigenvalue weighted by atomic mass is 35.5. The second kappa shape index (κ2) is 9.52. The molecule has 2 bridgehead atoms. The normalized spacial score (nSPS) is 25.8. The number of nitrogens with one attached hydrogen (secondary N) is 2. The van der Waals surface area contributed by atoms with Crippen LogP contribution in [-0.4, -0.2) is 52.3 Å². The van der Waals surface area contributed by atoms with Crippen LogP contribution in [0.15, 0.2) is 42.7 Å². The van der Waals surface area contributed by atoms with Crippen molar-refractivity contribution in [3.05, 3.63) is 53.6 Å². The number of ether oxygens (including phenoxy) is 2. The van der Waals surface area contributed by atoms with E-state index in [9.17, 15) is 19.1 Å². The van der Waals surface area contributed by atoms with Crippen LogP contribution in [0.4, 0.5) is 4.39 Å². The van der Waals surface area contributed by atoms with E-state index in [-0.39, 0.29) is 35.8 Å². The van der Waals surface area contributed by atoms with Crippen LogP contribution in [0, 0.1) is 5.82 Å². The second-order valence-corrected chi connectivity index (χ2v) is 9.00. The summed E-state index contributed by atoms with van der Waals surface area (Å²) in [5.41, 5.74) is -1.30. The number of pyridine rings is 1. The third-order valence-electron chi connectivity index (χ3n) is 6.38. The molecule has 3 saturated carbocycles. The molecule has 33 heavy (non-hydrogen) atoms. The van der Waals surface area contributed by atoms with Gasteiger partial charge in [-0.2, -0.15) is 0 Å². The number of aromatic nitrogens is 1. The van der Waals surface area contributed by atoms with Gasteiger partial charge in [0.05, 0.1) is 22.9 Å². The van der Waals surface area contributed by atoms with Gasteiger partial charge in [0.1, 0.15) is 17.3 Å².